The summed E-state index contributed by atoms with van der Waals surface area (Å²) in [4.78, 5) is 11.4. The van der Waals surface area contributed by atoms with Crippen molar-refractivity contribution in [3.05, 3.63) is 28.8 Å². The fraction of sp³-hybridized carbons (Fsp3) is 0.462. The lowest BCUT2D eigenvalue weighted by Crippen LogP contribution is -2.27. The van der Waals surface area contributed by atoms with Crippen molar-refractivity contribution in [1.29, 1.82) is 0 Å². The number of hydrogen-bond donors (Lipinski definition) is 2. The predicted molar refractivity (Wildman–Crippen MR) is 70.7 cm³/mol. The maximum absolute atomic E-state index is 12.5. The summed E-state index contributed by atoms with van der Waals surface area (Å²) < 4.78 is 37.4. The van der Waals surface area contributed by atoms with E-state index in [0.717, 1.165) is 25.0 Å². The summed E-state index contributed by atoms with van der Waals surface area (Å²) in [5, 5.41) is 5.67. The minimum Gasteiger partial charge on any atom is -0.383 e. The van der Waals surface area contributed by atoms with Crippen molar-refractivity contribution in [2.24, 2.45) is 0 Å². The second-order valence-corrected chi connectivity index (χ2v) is 5.12. The molecule has 3 nitrogen and oxygen atoms in total. The monoisotopic (exact) mass is 306 g/mol. The number of carbonyl (C=O) groups excluding carboxylic acids is 1. The number of anilines is 1. The molecule has 1 fully saturated rings. The lowest BCUT2D eigenvalue weighted by Gasteiger charge is -2.11. The Labute approximate surface area is 119 Å². The first-order chi connectivity index (χ1) is 9.36. The van der Waals surface area contributed by atoms with Gasteiger partial charge in [0.2, 0.25) is 5.91 Å². The Kier molecular flexibility index (Phi) is 4.42. The molecule has 110 valence electrons. The summed E-state index contributed by atoms with van der Waals surface area (Å²) >= 11 is 5.78. The quantitative estimate of drug-likeness (QED) is 0.875. The largest absolute Gasteiger partial charge is 0.416 e. The van der Waals surface area contributed by atoms with Gasteiger partial charge < -0.3 is 10.6 Å². The summed E-state index contributed by atoms with van der Waals surface area (Å²) in [6.45, 7) is 0.323. The van der Waals surface area contributed by atoms with Crippen molar-refractivity contribution >= 4 is 23.2 Å². The smallest absolute Gasteiger partial charge is 0.383 e. The third-order valence-electron chi connectivity index (χ3n) is 2.91. The molecule has 0 radical (unpaired) electrons. The van der Waals surface area contributed by atoms with Crippen molar-refractivity contribution in [1.82, 2.24) is 5.32 Å². The van der Waals surface area contributed by atoms with E-state index < -0.39 is 11.7 Å². The molecule has 20 heavy (non-hydrogen) atoms. The van der Waals surface area contributed by atoms with Gasteiger partial charge in [-0.1, -0.05) is 11.6 Å². The van der Waals surface area contributed by atoms with Gasteiger partial charge in [0.15, 0.2) is 0 Å². The summed E-state index contributed by atoms with van der Waals surface area (Å²) in [7, 11) is 0. The van der Waals surface area contributed by atoms with Crippen LogP contribution < -0.4 is 10.6 Å². The number of carbonyl (C=O) groups is 1. The Morgan fingerprint density at radius 3 is 2.60 bits per heavy atom. The lowest BCUT2D eigenvalue weighted by atomic mass is 10.2. The molecule has 0 bridgehead atoms. The minimum absolute atomic E-state index is 0.0116. The molecular formula is C13H14ClF3N2O. The van der Waals surface area contributed by atoms with Crippen molar-refractivity contribution < 1.29 is 18.0 Å². The van der Waals surface area contributed by atoms with Gasteiger partial charge in [-0.15, -0.1) is 0 Å². The Balaban J connectivity index is 1.84. The molecule has 0 saturated heterocycles. The van der Waals surface area contributed by atoms with Gasteiger partial charge in [0, 0.05) is 19.0 Å². The van der Waals surface area contributed by atoms with Crippen molar-refractivity contribution in [2.45, 2.75) is 31.5 Å². The highest BCUT2D eigenvalue weighted by Crippen LogP contribution is 2.33. The maximum Gasteiger partial charge on any atom is 0.416 e. The zero-order valence-corrected chi connectivity index (χ0v) is 11.3. The van der Waals surface area contributed by atoms with Crippen LogP contribution in [-0.4, -0.2) is 18.5 Å². The molecule has 1 aromatic carbocycles. The highest BCUT2D eigenvalue weighted by Gasteiger charge is 2.30. The van der Waals surface area contributed by atoms with Crippen LogP contribution in [0.5, 0.6) is 0 Å². The molecule has 0 unspecified atom stereocenters. The van der Waals surface area contributed by atoms with Gasteiger partial charge in [0.1, 0.15) is 0 Å². The number of benzene rings is 1. The van der Waals surface area contributed by atoms with Crippen LogP contribution in [0.4, 0.5) is 18.9 Å². The second kappa shape index (κ2) is 5.91. The SMILES string of the molecule is O=C(CCNc1ccc(C(F)(F)F)cc1Cl)NC1CC1. The van der Waals surface area contributed by atoms with E-state index in [-0.39, 0.29) is 17.4 Å². The standard InChI is InChI=1S/C13H14ClF3N2O/c14-10-7-8(13(15,16)17)1-4-11(10)18-6-5-12(20)19-9-2-3-9/h1,4,7,9,18H,2-3,5-6H2,(H,19,20). The second-order valence-electron chi connectivity index (χ2n) is 4.71. The topological polar surface area (TPSA) is 41.1 Å². The molecule has 1 amide bonds. The van der Waals surface area contributed by atoms with E-state index in [9.17, 15) is 18.0 Å². The molecule has 0 atom stereocenters. The van der Waals surface area contributed by atoms with Crippen molar-refractivity contribution in [3.8, 4) is 0 Å². The third kappa shape index (κ3) is 4.30. The van der Waals surface area contributed by atoms with Crippen molar-refractivity contribution in [2.75, 3.05) is 11.9 Å². The van der Waals surface area contributed by atoms with Gasteiger partial charge in [-0.25, -0.2) is 0 Å². The first-order valence-electron chi connectivity index (χ1n) is 6.26. The molecule has 1 aromatic rings. The molecule has 2 N–H and O–H groups in total. The van der Waals surface area contributed by atoms with E-state index in [1.807, 2.05) is 0 Å². The molecule has 7 heteroatoms. The van der Waals surface area contributed by atoms with Gasteiger partial charge >= 0.3 is 6.18 Å². The first kappa shape index (κ1) is 15.0. The Bertz CT molecular complexity index is 501. The summed E-state index contributed by atoms with van der Waals surface area (Å²) in [6, 6.07) is 3.40. The Hall–Kier alpha value is -1.43. The van der Waals surface area contributed by atoms with Crippen LogP contribution in [0, 0.1) is 0 Å². The number of alkyl halides is 3. The average molecular weight is 307 g/mol. The molecular weight excluding hydrogens is 293 g/mol. The van der Waals surface area contributed by atoms with Crippen LogP contribution in [0.25, 0.3) is 0 Å². The molecule has 1 aliphatic carbocycles. The van der Waals surface area contributed by atoms with Gasteiger partial charge in [0.25, 0.3) is 0 Å². The molecule has 0 heterocycles. The molecule has 0 aliphatic heterocycles. The van der Waals surface area contributed by atoms with Crippen LogP contribution in [0.1, 0.15) is 24.8 Å². The number of amides is 1. The fourth-order valence-electron chi connectivity index (χ4n) is 1.67. The zero-order chi connectivity index (χ0) is 14.8. The zero-order valence-electron chi connectivity index (χ0n) is 10.6. The first-order valence-corrected chi connectivity index (χ1v) is 6.64. The Morgan fingerprint density at radius 1 is 1.35 bits per heavy atom. The number of halogens is 4. The van der Waals surface area contributed by atoms with Gasteiger partial charge in [-0.05, 0) is 31.0 Å². The number of nitrogens with one attached hydrogen (secondary N) is 2. The summed E-state index contributed by atoms with van der Waals surface area (Å²) in [5.74, 6) is -0.0666. The highest BCUT2D eigenvalue weighted by atomic mass is 35.5. The third-order valence-corrected chi connectivity index (χ3v) is 3.22. The molecule has 0 spiro atoms. The van der Waals surface area contributed by atoms with Gasteiger partial charge in [-0.2, -0.15) is 13.2 Å². The van der Waals surface area contributed by atoms with E-state index in [0.29, 0.717) is 18.3 Å². The van der Waals surface area contributed by atoms with Crippen molar-refractivity contribution in [3.63, 3.8) is 0 Å². The van der Waals surface area contributed by atoms with E-state index in [2.05, 4.69) is 10.6 Å². The van der Waals surface area contributed by atoms with Gasteiger partial charge in [0.05, 0.1) is 16.3 Å². The van der Waals surface area contributed by atoms with Crippen LogP contribution in [-0.2, 0) is 11.0 Å². The normalized spacial score (nSPS) is 15.0. The van der Waals surface area contributed by atoms with Crippen LogP contribution in [0.3, 0.4) is 0 Å². The van der Waals surface area contributed by atoms with Crippen LogP contribution >= 0.6 is 11.6 Å². The number of rotatable bonds is 5. The highest BCUT2D eigenvalue weighted by molar-refractivity contribution is 6.33. The number of hydrogen-bond acceptors (Lipinski definition) is 2. The van der Waals surface area contributed by atoms with E-state index in [1.165, 1.54) is 6.07 Å². The molecule has 1 aliphatic rings. The average Bonchev–Trinajstić information content (AvgIpc) is 3.13. The fourth-order valence-corrected chi connectivity index (χ4v) is 1.92. The summed E-state index contributed by atoms with van der Waals surface area (Å²) in [5.41, 5.74) is -0.404. The van der Waals surface area contributed by atoms with E-state index in [1.54, 1.807) is 0 Å². The lowest BCUT2D eigenvalue weighted by molar-refractivity contribution is -0.137. The van der Waals surface area contributed by atoms with Crippen LogP contribution in [0.2, 0.25) is 5.02 Å². The molecule has 1 saturated carbocycles. The molecule has 2 rings (SSSR count). The van der Waals surface area contributed by atoms with E-state index in [4.69, 9.17) is 11.6 Å². The molecule has 0 aromatic heterocycles. The van der Waals surface area contributed by atoms with Crippen LogP contribution in [0.15, 0.2) is 18.2 Å². The predicted octanol–water partition coefficient (Wildman–Crippen LogP) is 3.44. The van der Waals surface area contributed by atoms with Gasteiger partial charge in [-0.3, -0.25) is 4.79 Å². The Morgan fingerprint density at radius 2 is 2.05 bits per heavy atom. The van der Waals surface area contributed by atoms with E-state index >= 15 is 0 Å². The maximum atomic E-state index is 12.5. The minimum atomic E-state index is -4.41. The summed E-state index contributed by atoms with van der Waals surface area (Å²) in [6.07, 6.45) is -2.12.